The summed E-state index contributed by atoms with van der Waals surface area (Å²) >= 11 is 0. The molecule has 1 rings (SSSR count). The molecule has 1 fully saturated rings. The van der Waals surface area contributed by atoms with Crippen molar-refractivity contribution in [1.29, 1.82) is 0 Å². The van der Waals surface area contributed by atoms with E-state index >= 15 is 0 Å². The van der Waals surface area contributed by atoms with Crippen molar-refractivity contribution < 1.29 is 0 Å². The van der Waals surface area contributed by atoms with Gasteiger partial charge in [0.05, 0.1) is 0 Å². The molecule has 0 heterocycles. The molecule has 9 heavy (non-hydrogen) atoms. The molecule has 0 amide bonds. The van der Waals surface area contributed by atoms with E-state index in [4.69, 9.17) is 6.58 Å². The van der Waals surface area contributed by atoms with Gasteiger partial charge in [0.1, 0.15) is 0 Å². The lowest BCUT2D eigenvalue weighted by atomic mass is 9.82. The molecule has 51 valence electrons. The van der Waals surface area contributed by atoms with Gasteiger partial charge in [-0.1, -0.05) is 38.3 Å². The zero-order valence-corrected chi connectivity index (χ0v) is 5.97. The van der Waals surface area contributed by atoms with Gasteiger partial charge >= 0.3 is 0 Å². The lowest BCUT2D eigenvalue weighted by Gasteiger charge is -2.24. The van der Waals surface area contributed by atoms with E-state index in [2.05, 4.69) is 0 Å². The monoisotopic (exact) mass is 123 g/mol. The third kappa shape index (κ3) is 2.21. The van der Waals surface area contributed by atoms with Crippen molar-refractivity contribution >= 4 is 0 Å². The summed E-state index contributed by atoms with van der Waals surface area (Å²) in [5, 5.41) is 0. The smallest absolute Gasteiger partial charge is 0.0348 e. The minimum Gasteiger partial charge on any atom is -0.0845 e. The number of hydrogen-bond donors (Lipinski definition) is 0. The van der Waals surface area contributed by atoms with E-state index in [0.717, 1.165) is 12.3 Å². The average molecular weight is 123 g/mol. The first-order valence-electron chi connectivity index (χ1n) is 3.97. The fourth-order valence-electron chi connectivity index (χ4n) is 1.31. The highest BCUT2D eigenvalue weighted by Gasteiger charge is 2.15. The Bertz CT molecular complexity index is 80.0. The zero-order valence-electron chi connectivity index (χ0n) is 5.97. The van der Waals surface area contributed by atoms with Crippen LogP contribution in [0.25, 0.3) is 0 Å². The van der Waals surface area contributed by atoms with Crippen LogP contribution in [0.5, 0.6) is 0 Å². The number of allylic oxidation sites excluding steroid dienone is 1. The van der Waals surface area contributed by atoms with Crippen LogP contribution in [-0.2, 0) is 0 Å². The van der Waals surface area contributed by atoms with Gasteiger partial charge in [-0.3, -0.25) is 0 Å². The quantitative estimate of drug-likeness (QED) is 0.504. The summed E-state index contributed by atoms with van der Waals surface area (Å²) in [6.45, 7) is 5.25. The Morgan fingerprint density at radius 1 is 1.44 bits per heavy atom. The number of unbranched alkanes of at least 4 members (excludes halogenated alkanes) is 1. The first-order valence-corrected chi connectivity index (χ1v) is 3.97. The lowest BCUT2D eigenvalue weighted by molar-refractivity contribution is 0.290. The van der Waals surface area contributed by atoms with Gasteiger partial charge in [-0.05, 0) is 18.8 Å². The molecule has 0 unspecified atom stereocenters. The van der Waals surface area contributed by atoms with Gasteiger partial charge in [0.15, 0.2) is 0 Å². The Balaban J connectivity index is 1.85. The molecule has 1 aliphatic carbocycles. The van der Waals surface area contributed by atoms with Gasteiger partial charge < -0.3 is 0 Å². The molecule has 0 spiro atoms. The highest BCUT2D eigenvalue weighted by atomic mass is 14.2. The molecule has 0 atom stereocenters. The molecule has 0 aliphatic heterocycles. The topological polar surface area (TPSA) is 0 Å². The fraction of sp³-hybridized carbons (Fsp3) is 0.778. The largest absolute Gasteiger partial charge is 0.0845 e. The van der Waals surface area contributed by atoms with Crippen molar-refractivity contribution in [2.45, 2.75) is 38.5 Å². The van der Waals surface area contributed by atoms with E-state index in [-0.39, 0.29) is 0 Å². The van der Waals surface area contributed by atoms with Gasteiger partial charge in [0.25, 0.3) is 0 Å². The third-order valence-electron chi connectivity index (χ3n) is 2.21. The predicted molar refractivity (Wildman–Crippen MR) is 40.1 cm³/mol. The molecular weight excluding hydrogens is 108 g/mol. The second-order valence-electron chi connectivity index (χ2n) is 2.96. The second kappa shape index (κ2) is 3.71. The van der Waals surface area contributed by atoms with Crippen molar-refractivity contribution in [1.82, 2.24) is 0 Å². The van der Waals surface area contributed by atoms with Crippen LogP contribution in [0.4, 0.5) is 0 Å². The Morgan fingerprint density at radius 2 is 2.22 bits per heavy atom. The molecule has 0 nitrogen and oxygen atoms in total. The molecule has 1 aliphatic rings. The molecule has 0 N–H and O–H groups in total. The van der Waals surface area contributed by atoms with E-state index in [9.17, 15) is 0 Å². The van der Waals surface area contributed by atoms with Gasteiger partial charge in [-0.2, -0.15) is 0 Å². The first kappa shape index (κ1) is 6.85. The van der Waals surface area contributed by atoms with Crippen LogP contribution in [0.3, 0.4) is 0 Å². The Labute approximate surface area is 58.0 Å². The lowest BCUT2D eigenvalue weighted by Crippen LogP contribution is -2.09. The third-order valence-corrected chi connectivity index (χ3v) is 2.21. The van der Waals surface area contributed by atoms with Crippen molar-refractivity contribution in [3.63, 3.8) is 0 Å². The van der Waals surface area contributed by atoms with Crippen LogP contribution < -0.4 is 0 Å². The Morgan fingerprint density at radius 3 is 2.67 bits per heavy atom. The summed E-state index contributed by atoms with van der Waals surface area (Å²) < 4.78 is 0. The number of rotatable bonds is 4. The van der Waals surface area contributed by atoms with Crippen LogP contribution in [0.1, 0.15) is 38.5 Å². The Hall–Kier alpha value is -0.260. The Kier molecular flexibility index (Phi) is 2.82. The summed E-state index contributed by atoms with van der Waals surface area (Å²) in [4.78, 5) is 0. The predicted octanol–water partition coefficient (Wildman–Crippen LogP) is 2.95. The maximum atomic E-state index is 5.25. The molecule has 0 aromatic rings. The normalized spacial score (nSPS) is 19.1. The minimum absolute atomic E-state index is 1.06. The van der Waals surface area contributed by atoms with E-state index in [1.807, 2.05) is 0 Å². The van der Waals surface area contributed by atoms with Crippen molar-refractivity contribution in [2.24, 2.45) is 5.92 Å². The van der Waals surface area contributed by atoms with Gasteiger partial charge in [-0.25, -0.2) is 0 Å². The van der Waals surface area contributed by atoms with Crippen molar-refractivity contribution in [3.05, 3.63) is 12.7 Å². The molecule has 1 saturated carbocycles. The van der Waals surface area contributed by atoms with Crippen molar-refractivity contribution in [2.75, 3.05) is 0 Å². The minimum atomic E-state index is 1.06. The SMILES string of the molecule is [CH]=CCCCC1CCC1. The van der Waals surface area contributed by atoms with E-state index < -0.39 is 0 Å². The standard InChI is InChI=1S/C9H15/c1-2-3-4-6-9-7-5-8-9/h1-2,9H,3-8H2. The van der Waals surface area contributed by atoms with E-state index in [1.54, 1.807) is 6.08 Å². The van der Waals surface area contributed by atoms with Crippen LogP contribution in [-0.4, -0.2) is 0 Å². The molecule has 0 saturated heterocycles. The average Bonchev–Trinajstić information content (AvgIpc) is 1.76. The fourth-order valence-corrected chi connectivity index (χ4v) is 1.31. The summed E-state index contributed by atoms with van der Waals surface area (Å²) in [6, 6.07) is 0. The summed E-state index contributed by atoms with van der Waals surface area (Å²) in [5.41, 5.74) is 0. The van der Waals surface area contributed by atoms with Crippen LogP contribution in [0, 0.1) is 12.5 Å². The van der Waals surface area contributed by atoms with E-state index in [0.29, 0.717) is 0 Å². The van der Waals surface area contributed by atoms with Gasteiger partial charge in [-0.15, -0.1) is 0 Å². The summed E-state index contributed by atoms with van der Waals surface area (Å²) in [5.74, 6) is 1.06. The first-order chi connectivity index (χ1) is 4.43. The molecular formula is C9H15. The zero-order chi connectivity index (χ0) is 6.53. The van der Waals surface area contributed by atoms with E-state index in [1.165, 1.54) is 32.1 Å². The maximum Gasteiger partial charge on any atom is -0.0348 e. The highest BCUT2D eigenvalue weighted by molar-refractivity contribution is 4.71. The molecule has 0 aromatic carbocycles. The second-order valence-corrected chi connectivity index (χ2v) is 2.96. The van der Waals surface area contributed by atoms with Crippen LogP contribution >= 0.6 is 0 Å². The van der Waals surface area contributed by atoms with Gasteiger partial charge in [0.2, 0.25) is 0 Å². The molecule has 1 radical (unpaired) electrons. The summed E-state index contributed by atoms with van der Waals surface area (Å²) in [7, 11) is 0. The molecule has 0 aromatic heterocycles. The van der Waals surface area contributed by atoms with Crippen LogP contribution in [0.2, 0.25) is 0 Å². The molecule has 0 bridgehead atoms. The number of hydrogen-bond acceptors (Lipinski definition) is 0. The maximum absolute atomic E-state index is 5.25. The van der Waals surface area contributed by atoms with Crippen LogP contribution in [0.15, 0.2) is 6.08 Å². The molecule has 0 heteroatoms. The van der Waals surface area contributed by atoms with Gasteiger partial charge in [0, 0.05) is 0 Å². The highest BCUT2D eigenvalue weighted by Crippen LogP contribution is 2.30. The van der Waals surface area contributed by atoms with Crippen molar-refractivity contribution in [3.8, 4) is 0 Å². The summed E-state index contributed by atoms with van der Waals surface area (Å²) in [6.07, 6.45) is 10.0.